The molecule has 0 aliphatic rings. The summed E-state index contributed by atoms with van der Waals surface area (Å²) in [5.41, 5.74) is 4.95. The largest absolute Gasteiger partial charge is 0.377 e. The van der Waals surface area contributed by atoms with Gasteiger partial charge >= 0.3 is 0 Å². The average Bonchev–Trinajstić information content (AvgIpc) is 3.41. The standard InChI is InChI=1S/C24H27N3O3S3.C21H19NOS2.C11H13NOS2/c1-17(32-24(31)18-9-5-4-6-10-18)23(28)25-15-16-26-33(29,30)22-14-8-11-19-20(22)12-7-13-21(19)27(2)3;1-15(25-21(24)17-9-3-2-4-10-17)20(23)22-14-18-12-7-11-16-8-5-6-13-19(16)18;1-12(2)10(13)8-15-11(14)9-6-4-3-5-7-9/h4-14,17,26H,15-16H2,1-3H3,(H,25,28);2-13,15H,14H2,1H3,(H,22,23);3-7H,8H2,1-2H3. The van der Waals surface area contributed by atoms with Crippen LogP contribution in [-0.2, 0) is 31.0 Å². The maximum absolute atomic E-state index is 12.9. The van der Waals surface area contributed by atoms with Crippen molar-refractivity contribution in [2.75, 3.05) is 51.9 Å². The molecule has 7 rings (SSSR count). The Bertz CT molecular complexity index is 3100. The lowest BCUT2D eigenvalue weighted by molar-refractivity contribution is -0.126. The Hall–Kier alpha value is -5.50. The molecule has 0 spiro atoms. The number of carbonyl (C=O) groups is 3. The number of fused-ring (bicyclic) bond motifs is 2. The smallest absolute Gasteiger partial charge is 0.241 e. The Morgan fingerprint density at radius 2 is 1.00 bits per heavy atom. The van der Waals surface area contributed by atoms with E-state index in [0.29, 0.717) is 21.9 Å². The van der Waals surface area contributed by atoms with Gasteiger partial charge in [-0.15, -0.1) is 35.3 Å². The van der Waals surface area contributed by atoms with Crippen molar-refractivity contribution in [1.29, 1.82) is 0 Å². The molecule has 380 valence electrons. The summed E-state index contributed by atoms with van der Waals surface area (Å²) < 4.78 is 30.6. The van der Waals surface area contributed by atoms with Crippen molar-refractivity contribution in [1.82, 2.24) is 20.3 Å². The Labute approximate surface area is 458 Å². The Morgan fingerprint density at radius 1 is 0.534 bits per heavy atom. The summed E-state index contributed by atoms with van der Waals surface area (Å²) in [5, 5.41) is 9.04. The van der Waals surface area contributed by atoms with Gasteiger partial charge < -0.3 is 20.4 Å². The first kappa shape index (κ1) is 58.4. The summed E-state index contributed by atoms with van der Waals surface area (Å²) in [5.74, 6) is 0.286. The summed E-state index contributed by atoms with van der Waals surface area (Å²) in [6.07, 6.45) is 0. The number of nitrogens with one attached hydrogen (secondary N) is 3. The molecule has 0 radical (unpaired) electrons. The molecule has 7 aromatic carbocycles. The number of rotatable bonds is 17. The van der Waals surface area contributed by atoms with Crippen LogP contribution in [0.25, 0.3) is 21.5 Å². The van der Waals surface area contributed by atoms with Crippen molar-refractivity contribution in [3.8, 4) is 0 Å². The predicted molar refractivity (Wildman–Crippen MR) is 322 cm³/mol. The summed E-state index contributed by atoms with van der Waals surface area (Å²) >= 11 is 20.2. The van der Waals surface area contributed by atoms with Crippen molar-refractivity contribution >= 4 is 140 Å². The van der Waals surface area contributed by atoms with Crippen LogP contribution in [0, 0.1) is 0 Å². The highest BCUT2D eigenvalue weighted by atomic mass is 32.2. The molecule has 2 unspecified atom stereocenters. The lowest BCUT2D eigenvalue weighted by atomic mass is 10.0. The van der Waals surface area contributed by atoms with E-state index < -0.39 is 15.3 Å². The normalized spacial score (nSPS) is 11.6. The number of carbonyl (C=O) groups excluding carboxylic acids is 3. The topological polar surface area (TPSA) is 128 Å². The molecule has 73 heavy (non-hydrogen) atoms. The summed E-state index contributed by atoms with van der Waals surface area (Å²) in [6, 6.07) is 54.2. The monoisotopic (exact) mass is 1110 g/mol. The minimum atomic E-state index is -3.75. The molecule has 3 N–H and O–H groups in total. The highest BCUT2D eigenvalue weighted by molar-refractivity contribution is 8.25. The van der Waals surface area contributed by atoms with Gasteiger partial charge in [-0.25, -0.2) is 13.1 Å². The van der Waals surface area contributed by atoms with Gasteiger partial charge in [0.1, 0.15) is 0 Å². The zero-order valence-electron chi connectivity index (χ0n) is 41.4. The molecule has 0 fully saturated rings. The third kappa shape index (κ3) is 18.1. The van der Waals surface area contributed by atoms with Crippen LogP contribution in [0.15, 0.2) is 175 Å². The molecule has 2 atom stereocenters. The van der Waals surface area contributed by atoms with Crippen LogP contribution in [-0.4, -0.2) is 101 Å². The second-order valence-corrected chi connectivity index (χ2v) is 24.0. The van der Waals surface area contributed by atoms with E-state index in [1.165, 1.54) is 46.1 Å². The van der Waals surface area contributed by atoms with Crippen molar-refractivity contribution < 1.29 is 22.8 Å². The number of hydrogen-bond acceptors (Lipinski definition) is 12. The molecular formula is C56H59N5O5S7. The van der Waals surface area contributed by atoms with Crippen LogP contribution in [0.4, 0.5) is 5.69 Å². The number of thiocarbonyl (C=S) groups is 3. The molecule has 0 bridgehead atoms. The first-order chi connectivity index (χ1) is 35.0. The van der Waals surface area contributed by atoms with E-state index in [1.807, 2.05) is 153 Å². The van der Waals surface area contributed by atoms with Gasteiger partial charge in [0.05, 0.1) is 33.7 Å². The molecule has 0 aliphatic heterocycles. The van der Waals surface area contributed by atoms with Crippen LogP contribution in [0.2, 0.25) is 0 Å². The number of sulfonamides is 1. The van der Waals surface area contributed by atoms with Crippen molar-refractivity contribution in [2.24, 2.45) is 0 Å². The van der Waals surface area contributed by atoms with Crippen LogP contribution < -0.4 is 20.3 Å². The maximum Gasteiger partial charge on any atom is 0.241 e. The van der Waals surface area contributed by atoms with Crippen LogP contribution in [0.5, 0.6) is 0 Å². The molecule has 0 aliphatic carbocycles. The van der Waals surface area contributed by atoms with Crippen LogP contribution in [0.1, 0.15) is 36.1 Å². The van der Waals surface area contributed by atoms with Crippen molar-refractivity contribution in [3.63, 3.8) is 0 Å². The molecule has 3 amide bonds. The molecule has 17 heteroatoms. The van der Waals surface area contributed by atoms with E-state index in [1.54, 1.807) is 44.1 Å². The van der Waals surface area contributed by atoms with Gasteiger partial charge in [0.2, 0.25) is 27.7 Å². The molecule has 0 heterocycles. The maximum atomic E-state index is 12.9. The Kier molecular flexibility index (Phi) is 23.5. The number of hydrogen-bond donors (Lipinski definition) is 3. The number of benzene rings is 7. The van der Waals surface area contributed by atoms with Gasteiger partial charge in [-0.05, 0) is 59.0 Å². The number of thioether (sulfide) groups is 3. The second kappa shape index (κ2) is 29.4. The first-order valence-electron chi connectivity index (χ1n) is 23.1. The fraction of sp³-hybridized carbons (Fsp3) is 0.214. The lowest BCUT2D eigenvalue weighted by Crippen LogP contribution is -2.38. The zero-order valence-corrected chi connectivity index (χ0v) is 47.2. The third-order valence-corrected chi connectivity index (χ3v) is 16.9. The molecule has 0 aromatic heterocycles. The number of amides is 3. The van der Waals surface area contributed by atoms with Crippen molar-refractivity contribution in [3.05, 3.63) is 192 Å². The average molecular weight is 1110 g/mol. The highest BCUT2D eigenvalue weighted by Gasteiger charge is 2.21. The summed E-state index contributed by atoms with van der Waals surface area (Å²) in [6.45, 7) is 4.44. The summed E-state index contributed by atoms with van der Waals surface area (Å²) in [7, 11) is 3.58. The molecule has 10 nitrogen and oxygen atoms in total. The van der Waals surface area contributed by atoms with Crippen molar-refractivity contribution in [2.45, 2.75) is 35.8 Å². The van der Waals surface area contributed by atoms with Gasteiger partial charge in [-0.3, -0.25) is 14.4 Å². The van der Waals surface area contributed by atoms with E-state index in [9.17, 15) is 22.8 Å². The first-order valence-corrected chi connectivity index (χ1v) is 28.6. The van der Waals surface area contributed by atoms with Gasteiger partial charge in [0.15, 0.2) is 0 Å². The lowest BCUT2D eigenvalue weighted by Gasteiger charge is -2.17. The minimum Gasteiger partial charge on any atom is -0.377 e. The second-order valence-electron chi connectivity index (χ2n) is 16.6. The van der Waals surface area contributed by atoms with E-state index in [2.05, 4.69) is 39.6 Å². The fourth-order valence-electron chi connectivity index (χ4n) is 6.88. The molecule has 0 saturated heterocycles. The van der Waals surface area contributed by atoms with Crippen LogP contribution >= 0.6 is 71.9 Å². The molecule has 0 saturated carbocycles. The Morgan fingerprint density at radius 3 is 1.56 bits per heavy atom. The highest BCUT2D eigenvalue weighted by Crippen LogP contribution is 2.30. The van der Waals surface area contributed by atoms with E-state index in [-0.39, 0.29) is 41.0 Å². The number of nitrogens with zero attached hydrogens (tertiary/aromatic N) is 2. The predicted octanol–water partition coefficient (Wildman–Crippen LogP) is 10.9. The van der Waals surface area contributed by atoms with Gasteiger partial charge in [0, 0.05) is 64.3 Å². The van der Waals surface area contributed by atoms with Gasteiger partial charge in [-0.2, -0.15) is 0 Å². The van der Waals surface area contributed by atoms with Gasteiger partial charge in [0.25, 0.3) is 0 Å². The van der Waals surface area contributed by atoms with E-state index >= 15 is 0 Å². The van der Waals surface area contributed by atoms with Gasteiger partial charge in [-0.1, -0.05) is 194 Å². The van der Waals surface area contributed by atoms with E-state index in [0.717, 1.165) is 41.7 Å². The number of anilines is 1. The minimum absolute atomic E-state index is 0.00350. The quantitative estimate of drug-likeness (QED) is 0.0593. The molecule has 7 aromatic rings. The van der Waals surface area contributed by atoms with E-state index in [4.69, 9.17) is 36.7 Å². The fourth-order valence-corrected chi connectivity index (χ4v) is 12.0. The zero-order chi connectivity index (χ0) is 52.9. The Balaban J connectivity index is 0.000000218. The van der Waals surface area contributed by atoms with Crippen LogP contribution in [0.3, 0.4) is 0 Å². The molecular weight excluding hydrogens is 1050 g/mol. The summed E-state index contributed by atoms with van der Waals surface area (Å²) in [4.78, 5) is 39.9. The SMILES string of the molecule is CC(SC(=S)c1ccccc1)C(=O)NCCNS(=O)(=O)c1cccc2c(N(C)C)cccc12.CC(SC(=S)c1ccccc1)C(=O)NCc1cccc2ccccc12.CN(C)C(=O)CSC(=S)c1ccccc1. The third-order valence-electron chi connectivity index (χ3n) is 10.8.